The standard InChI is InChI=1S/C23H25ClF3N3OS/c1-14-4-3-5-18(25)20(14)30-12-16(15(2)28-30)11-29-8-6-22(7-9-29)21-17(10-19(24)32-21)23(26,27)13-31-22/h3-5,10,12,17,21H,6-9,11,13H2,1-2H3. The van der Waals surface area contributed by atoms with E-state index in [9.17, 15) is 13.2 Å². The maximum absolute atomic E-state index is 14.4. The van der Waals surface area contributed by atoms with E-state index in [1.807, 2.05) is 26.1 Å². The van der Waals surface area contributed by atoms with Gasteiger partial charge in [0.25, 0.3) is 5.92 Å². The molecule has 2 unspecified atom stereocenters. The number of hydrogen-bond acceptors (Lipinski definition) is 4. The average molecular weight is 484 g/mol. The highest BCUT2D eigenvalue weighted by molar-refractivity contribution is 8.05. The van der Waals surface area contributed by atoms with Crippen molar-refractivity contribution in [3.8, 4) is 5.69 Å². The molecule has 3 aliphatic rings. The molecule has 0 saturated carbocycles. The number of aryl methyl sites for hydroxylation is 2. The van der Waals surface area contributed by atoms with Crippen LogP contribution in [0.15, 0.2) is 34.8 Å². The summed E-state index contributed by atoms with van der Waals surface area (Å²) in [5.41, 5.74) is 2.58. The first kappa shape index (κ1) is 22.3. The topological polar surface area (TPSA) is 30.3 Å². The SMILES string of the molecule is Cc1cccc(F)c1-n1cc(CN2CCC3(CC2)OCC(F)(F)C2C=C(Cl)SC23)c(C)n1. The molecule has 0 bridgehead atoms. The smallest absolute Gasteiger partial charge is 0.278 e. The Labute approximate surface area is 194 Å². The molecule has 1 aromatic carbocycles. The van der Waals surface area contributed by atoms with Crippen molar-refractivity contribution in [3.05, 3.63) is 57.5 Å². The number of para-hydroxylation sites is 1. The molecule has 2 atom stereocenters. The predicted molar refractivity (Wildman–Crippen MR) is 120 cm³/mol. The minimum Gasteiger partial charge on any atom is -0.367 e. The molecule has 0 amide bonds. The van der Waals surface area contributed by atoms with Gasteiger partial charge in [0.05, 0.1) is 26.8 Å². The lowest BCUT2D eigenvalue weighted by molar-refractivity contribution is -0.215. The number of allylic oxidation sites excluding steroid dienone is 1. The van der Waals surface area contributed by atoms with Gasteiger partial charge in [-0.3, -0.25) is 4.90 Å². The van der Waals surface area contributed by atoms with Crippen LogP contribution in [0.4, 0.5) is 13.2 Å². The summed E-state index contributed by atoms with van der Waals surface area (Å²) in [7, 11) is 0. The van der Waals surface area contributed by atoms with E-state index < -0.39 is 24.0 Å². The van der Waals surface area contributed by atoms with Gasteiger partial charge in [-0.25, -0.2) is 17.9 Å². The summed E-state index contributed by atoms with van der Waals surface area (Å²) in [5.74, 6) is -4.06. The van der Waals surface area contributed by atoms with Crippen LogP contribution in [0.2, 0.25) is 0 Å². The third-order valence-electron chi connectivity index (χ3n) is 6.95. The van der Waals surface area contributed by atoms with Gasteiger partial charge >= 0.3 is 0 Å². The highest BCUT2D eigenvalue weighted by Gasteiger charge is 2.60. The van der Waals surface area contributed by atoms with Gasteiger partial charge in [0, 0.05) is 31.4 Å². The second kappa shape index (κ2) is 8.08. The van der Waals surface area contributed by atoms with Crippen molar-refractivity contribution in [1.82, 2.24) is 14.7 Å². The Morgan fingerprint density at radius 1 is 1.25 bits per heavy atom. The predicted octanol–water partition coefficient (Wildman–Crippen LogP) is 5.44. The van der Waals surface area contributed by atoms with E-state index in [2.05, 4.69) is 10.00 Å². The van der Waals surface area contributed by atoms with Crippen molar-refractivity contribution >= 4 is 23.4 Å². The van der Waals surface area contributed by atoms with Gasteiger partial charge in [-0.05, 0) is 44.4 Å². The Hall–Kier alpha value is -1.48. The number of hydrogen-bond donors (Lipinski definition) is 0. The van der Waals surface area contributed by atoms with Gasteiger partial charge in [0.15, 0.2) is 0 Å². The molecule has 0 radical (unpaired) electrons. The Balaban J connectivity index is 1.29. The first-order chi connectivity index (χ1) is 15.2. The fourth-order valence-electron chi connectivity index (χ4n) is 5.10. The normalized spacial score (nSPS) is 26.9. The molecule has 2 aromatic rings. The van der Waals surface area contributed by atoms with E-state index in [4.69, 9.17) is 16.3 Å². The molecule has 9 heteroatoms. The minimum atomic E-state index is -2.88. The van der Waals surface area contributed by atoms with Gasteiger partial charge in [0.1, 0.15) is 18.1 Å². The second-order valence-electron chi connectivity index (χ2n) is 9.02. The van der Waals surface area contributed by atoms with Gasteiger partial charge in [-0.1, -0.05) is 23.7 Å². The number of halogens is 4. The lowest BCUT2D eigenvalue weighted by Gasteiger charge is -2.51. The Morgan fingerprint density at radius 2 is 2.00 bits per heavy atom. The molecule has 2 fully saturated rings. The molecule has 32 heavy (non-hydrogen) atoms. The van der Waals surface area contributed by atoms with Gasteiger partial charge in [-0.15, -0.1) is 11.8 Å². The van der Waals surface area contributed by atoms with Crippen LogP contribution in [-0.4, -0.2) is 51.2 Å². The van der Waals surface area contributed by atoms with Crippen LogP contribution in [0.5, 0.6) is 0 Å². The first-order valence-corrected chi connectivity index (χ1v) is 12.0. The number of likely N-dealkylation sites (tertiary alicyclic amines) is 1. The molecule has 5 rings (SSSR count). The number of fused-ring (bicyclic) bond motifs is 2. The summed E-state index contributed by atoms with van der Waals surface area (Å²) in [6.45, 7) is 5.37. The fraction of sp³-hybridized carbons (Fsp3) is 0.522. The highest BCUT2D eigenvalue weighted by Crippen LogP contribution is 2.56. The van der Waals surface area contributed by atoms with Crippen molar-refractivity contribution in [2.24, 2.45) is 5.92 Å². The van der Waals surface area contributed by atoms with Crippen molar-refractivity contribution < 1.29 is 17.9 Å². The van der Waals surface area contributed by atoms with E-state index in [0.29, 0.717) is 29.4 Å². The van der Waals surface area contributed by atoms with Crippen LogP contribution in [0, 0.1) is 25.6 Å². The minimum absolute atomic E-state index is 0.305. The number of rotatable bonds is 3. The van der Waals surface area contributed by atoms with Gasteiger partial charge in [-0.2, -0.15) is 5.10 Å². The first-order valence-electron chi connectivity index (χ1n) is 10.8. The number of benzene rings is 1. The molecular formula is C23H25ClF3N3OS. The maximum Gasteiger partial charge on any atom is 0.278 e. The van der Waals surface area contributed by atoms with Gasteiger partial charge in [0.2, 0.25) is 0 Å². The van der Waals surface area contributed by atoms with E-state index in [1.165, 1.54) is 23.9 Å². The Bertz CT molecular complexity index is 1040. The summed E-state index contributed by atoms with van der Waals surface area (Å²) in [6, 6.07) is 4.99. The summed E-state index contributed by atoms with van der Waals surface area (Å²) in [6.07, 6.45) is 4.75. The number of alkyl halides is 2. The van der Waals surface area contributed by atoms with Crippen LogP contribution >= 0.6 is 23.4 Å². The van der Waals surface area contributed by atoms with E-state index in [-0.39, 0.29) is 11.1 Å². The van der Waals surface area contributed by atoms with Crippen molar-refractivity contribution in [2.45, 2.75) is 50.0 Å². The van der Waals surface area contributed by atoms with Crippen molar-refractivity contribution in [2.75, 3.05) is 19.7 Å². The third-order valence-corrected chi connectivity index (χ3v) is 8.68. The third kappa shape index (κ3) is 3.79. The zero-order valence-corrected chi connectivity index (χ0v) is 19.5. The van der Waals surface area contributed by atoms with Crippen LogP contribution in [0.1, 0.15) is 29.7 Å². The number of ether oxygens (including phenoxy) is 1. The molecule has 4 nitrogen and oxygen atoms in total. The molecule has 0 N–H and O–H groups in total. The highest BCUT2D eigenvalue weighted by atomic mass is 35.5. The van der Waals surface area contributed by atoms with Crippen molar-refractivity contribution in [1.29, 1.82) is 0 Å². The number of piperidine rings is 1. The summed E-state index contributed by atoms with van der Waals surface area (Å²) < 4.78 is 51.1. The second-order valence-corrected chi connectivity index (χ2v) is 10.8. The molecule has 4 heterocycles. The van der Waals surface area contributed by atoms with E-state index >= 15 is 0 Å². The lowest BCUT2D eigenvalue weighted by Crippen LogP contribution is -2.61. The monoisotopic (exact) mass is 483 g/mol. The summed E-state index contributed by atoms with van der Waals surface area (Å²) in [5, 5.41) is 4.18. The summed E-state index contributed by atoms with van der Waals surface area (Å²) in [4.78, 5) is 2.29. The Kier molecular flexibility index (Phi) is 5.63. The summed E-state index contributed by atoms with van der Waals surface area (Å²) >= 11 is 7.46. The lowest BCUT2D eigenvalue weighted by atomic mass is 9.77. The zero-order valence-electron chi connectivity index (χ0n) is 18.0. The van der Waals surface area contributed by atoms with Crippen LogP contribution in [0.25, 0.3) is 5.69 Å². The van der Waals surface area contributed by atoms with E-state index in [1.54, 1.807) is 10.7 Å². The largest absolute Gasteiger partial charge is 0.367 e. The van der Waals surface area contributed by atoms with Crippen LogP contribution in [-0.2, 0) is 11.3 Å². The average Bonchev–Trinajstić information content (AvgIpc) is 3.31. The molecule has 0 aliphatic carbocycles. The molecule has 1 spiro atoms. The quantitative estimate of drug-likeness (QED) is 0.581. The molecule has 1 aromatic heterocycles. The molecule has 3 aliphatic heterocycles. The molecule has 2 saturated heterocycles. The fourth-order valence-corrected chi connectivity index (χ4v) is 6.93. The number of aromatic nitrogens is 2. The number of thioether (sulfide) groups is 1. The van der Waals surface area contributed by atoms with Crippen molar-refractivity contribution in [3.63, 3.8) is 0 Å². The van der Waals surface area contributed by atoms with Crippen LogP contribution < -0.4 is 0 Å². The molecule has 172 valence electrons. The number of nitrogens with zero attached hydrogens (tertiary/aromatic N) is 3. The zero-order chi connectivity index (χ0) is 22.7. The maximum atomic E-state index is 14.4. The van der Waals surface area contributed by atoms with Gasteiger partial charge < -0.3 is 4.74 Å². The van der Waals surface area contributed by atoms with E-state index in [0.717, 1.165) is 29.9 Å². The molecular weight excluding hydrogens is 459 g/mol. The Morgan fingerprint density at radius 3 is 2.72 bits per heavy atom. The van der Waals surface area contributed by atoms with Crippen LogP contribution in [0.3, 0.4) is 0 Å².